The summed E-state index contributed by atoms with van der Waals surface area (Å²) in [6.45, 7) is 2.75. The van der Waals surface area contributed by atoms with Crippen molar-refractivity contribution < 1.29 is 17.9 Å². The molecule has 0 aromatic heterocycles. The lowest BCUT2D eigenvalue weighted by atomic mass is 10.2. The lowest BCUT2D eigenvalue weighted by molar-refractivity contribution is 0.171. The summed E-state index contributed by atoms with van der Waals surface area (Å²) in [5.41, 5.74) is 1.25. The molecule has 5 nitrogen and oxygen atoms in total. The van der Waals surface area contributed by atoms with E-state index >= 15 is 0 Å². The Bertz CT molecular complexity index is 802. The third-order valence-corrected chi connectivity index (χ3v) is 5.57. The molecule has 0 bridgehead atoms. The summed E-state index contributed by atoms with van der Waals surface area (Å²) in [6.07, 6.45) is 0. The lowest BCUT2D eigenvalue weighted by Crippen LogP contribution is -2.27. The van der Waals surface area contributed by atoms with E-state index in [0.717, 1.165) is 0 Å². The zero-order valence-electron chi connectivity index (χ0n) is 12.4. The molecule has 0 saturated carbocycles. The number of ether oxygens (including phenoxy) is 2. The van der Waals surface area contributed by atoms with E-state index in [0.29, 0.717) is 40.9 Å². The number of nitrogens with zero attached hydrogens (tertiary/aromatic N) is 1. The van der Waals surface area contributed by atoms with Crippen LogP contribution in [0, 0.1) is 6.92 Å². The van der Waals surface area contributed by atoms with Crippen molar-refractivity contribution in [3.8, 4) is 11.5 Å². The number of aryl methyl sites for hydroxylation is 1. The number of benzene rings is 2. The van der Waals surface area contributed by atoms with Crippen molar-refractivity contribution in [2.45, 2.75) is 11.8 Å². The molecular formula is C16H17NO4S. The molecule has 1 aliphatic rings. The molecule has 0 unspecified atom stereocenters. The Balaban J connectivity index is 2.00. The van der Waals surface area contributed by atoms with Gasteiger partial charge in [-0.05, 0) is 30.7 Å². The van der Waals surface area contributed by atoms with Crippen LogP contribution in [-0.2, 0) is 10.0 Å². The monoisotopic (exact) mass is 319 g/mol. The highest BCUT2D eigenvalue weighted by Crippen LogP contribution is 2.35. The molecule has 2 aromatic rings. The fraction of sp³-hybridized carbons (Fsp3) is 0.250. The van der Waals surface area contributed by atoms with Gasteiger partial charge in [-0.15, -0.1) is 0 Å². The van der Waals surface area contributed by atoms with Crippen molar-refractivity contribution in [3.63, 3.8) is 0 Å². The summed E-state index contributed by atoms with van der Waals surface area (Å²) in [6, 6.07) is 12.1. The predicted octanol–water partition coefficient (Wildman–Crippen LogP) is 2.59. The average Bonchev–Trinajstić information content (AvgIpc) is 2.54. The van der Waals surface area contributed by atoms with E-state index in [-0.39, 0.29) is 0 Å². The molecule has 0 amide bonds. The highest BCUT2D eigenvalue weighted by molar-refractivity contribution is 7.92. The van der Waals surface area contributed by atoms with Crippen LogP contribution in [-0.4, -0.2) is 28.7 Å². The normalized spacial score (nSPS) is 13.7. The van der Waals surface area contributed by atoms with Crippen LogP contribution < -0.4 is 13.8 Å². The zero-order chi connectivity index (χ0) is 15.7. The van der Waals surface area contributed by atoms with Gasteiger partial charge in [0.1, 0.15) is 13.2 Å². The van der Waals surface area contributed by atoms with Crippen LogP contribution >= 0.6 is 0 Å². The Kier molecular flexibility index (Phi) is 3.70. The molecule has 1 heterocycles. The summed E-state index contributed by atoms with van der Waals surface area (Å²) >= 11 is 0. The molecule has 0 radical (unpaired) electrons. The van der Waals surface area contributed by atoms with Gasteiger partial charge in [0.25, 0.3) is 10.0 Å². The van der Waals surface area contributed by atoms with Gasteiger partial charge >= 0.3 is 0 Å². The molecule has 0 aliphatic carbocycles. The van der Waals surface area contributed by atoms with Crippen LogP contribution in [0.1, 0.15) is 5.56 Å². The van der Waals surface area contributed by atoms with Gasteiger partial charge in [-0.3, -0.25) is 4.31 Å². The molecule has 1 aliphatic heterocycles. The second-order valence-corrected chi connectivity index (χ2v) is 7.00. The molecule has 0 N–H and O–H groups in total. The van der Waals surface area contributed by atoms with Crippen molar-refractivity contribution in [2.24, 2.45) is 0 Å². The van der Waals surface area contributed by atoms with Crippen LogP contribution in [0.4, 0.5) is 5.69 Å². The van der Waals surface area contributed by atoms with E-state index in [1.807, 2.05) is 6.07 Å². The maximum absolute atomic E-state index is 12.8. The molecule has 6 heteroatoms. The van der Waals surface area contributed by atoms with E-state index in [2.05, 4.69) is 0 Å². The molecule has 0 atom stereocenters. The molecule has 0 spiro atoms. The van der Waals surface area contributed by atoms with Gasteiger partial charge in [-0.2, -0.15) is 0 Å². The van der Waals surface area contributed by atoms with E-state index in [4.69, 9.17) is 9.47 Å². The zero-order valence-corrected chi connectivity index (χ0v) is 13.3. The van der Waals surface area contributed by atoms with Crippen molar-refractivity contribution >= 4 is 15.7 Å². The molecular weight excluding hydrogens is 302 g/mol. The van der Waals surface area contributed by atoms with Gasteiger partial charge in [0.05, 0.1) is 10.6 Å². The van der Waals surface area contributed by atoms with Gasteiger partial charge in [-0.1, -0.05) is 18.2 Å². The van der Waals surface area contributed by atoms with Crippen molar-refractivity contribution in [1.29, 1.82) is 0 Å². The Morgan fingerprint density at radius 1 is 1.00 bits per heavy atom. The Labute approximate surface area is 130 Å². The smallest absolute Gasteiger partial charge is 0.264 e. The van der Waals surface area contributed by atoms with E-state index in [9.17, 15) is 8.42 Å². The Hall–Kier alpha value is -2.21. The molecule has 2 aromatic carbocycles. The number of anilines is 1. The van der Waals surface area contributed by atoms with Crippen LogP contribution in [0.15, 0.2) is 47.4 Å². The van der Waals surface area contributed by atoms with Crippen molar-refractivity contribution in [1.82, 2.24) is 0 Å². The Morgan fingerprint density at radius 3 is 2.41 bits per heavy atom. The first-order valence-corrected chi connectivity index (χ1v) is 8.38. The lowest BCUT2D eigenvalue weighted by Gasteiger charge is -2.23. The van der Waals surface area contributed by atoms with Gasteiger partial charge in [0, 0.05) is 13.1 Å². The Morgan fingerprint density at radius 2 is 1.68 bits per heavy atom. The first-order valence-electron chi connectivity index (χ1n) is 6.94. The molecule has 116 valence electrons. The quantitative estimate of drug-likeness (QED) is 0.872. The minimum absolute atomic E-state index is 0.299. The van der Waals surface area contributed by atoms with Gasteiger partial charge in [0.2, 0.25) is 0 Å². The number of sulfonamides is 1. The maximum atomic E-state index is 12.8. The second-order valence-electron chi connectivity index (χ2n) is 5.07. The number of fused-ring (bicyclic) bond motifs is 1. The summed E-state index contributed by atoms with van der Waals surface area (Å²) in [5.74, 6) is 1.20. The fourth-order valence-corrected chi connectivity index (χ4v) is 3.77. The SMILES string of the molecule is Cc1ccccc1S(=O)(=O)N(C)c1ccc2c(c1)OCCO2. The van der Waals surface area contributed by atoms with Gasteiger partial charge < -0.3 is 9.47 Å². The van der Waals surface area contributed by atoms with E-state index in [1.165, 1.54) is 11.4 Å². The largest absolute Gasteiger partial charge is 0.486 e. The van der Waals surface area contributed by atoms with Gasteiger partial charge in [0.15, 0.2) is 11.5 Å². The van der Waals surface area contributed by atoms with E-state index in [1.54, 1.807) is 43.3 Å². The first kappa shape index (κ1) is 14.7. The van der Waals surface area contributed by atoms with Crippen molar-refractivity contribution in [2.75, 3.05) is 24.6 Å². The predicted molar refractivity (Wildman–Crippen MR) is 84.2 cm³/mol. The number of hydrogen-bond acceptors (Lipinski definition) is 4. The number of hydrogen-bond donors (Lipinski definition) is 0. The summed E-state index contributed by atoms with van der Waals surface area (Å²) in [4.78, 5) is 0.299. The standard InChI is InChI=1S/C16H17NO4S/c1-12-5-3-4-6-16(12)22(18,19)17(2)13-7-8-14-15(11-13)21-10-9-20-14/h3-8,11H,9-10H2,1-2H3. The minimum atomic E-state index is -3.61. The highest BCUT2D eigenvalue weighted by Gasteiger charge is 2.24. The summed E-state index contributed by atoms with van der Waals surface area (Å²) in [5, 5.41) is 0. The highest BCUT2D eigenvalue weighted by atomic mass is 32.2. The third-order valence-electron chi connectivity index (χ3n) is 3.62. The van der Waals surface area contributed by atoms with Gasteiger partial charge in [-0.25, -0.2) is 8.42 Å². The van der Waals surface area contributed by atoms with Crippen molar-refractivity contribution in [3.05, 3.63) is 48.0 Å². The minimum Gasteiger partial charge on any atom is -0.486 e. The van der Waals surface area contributed by atoms with Crippen LogP contribution in [0.2, 0.25) is 0 Å². The molecule has 3 rings (SSSR count). The fourth-order valence-electron chi connectivity index (χ4n) is 2.36. The topological polar surface area (TPSA) is 55.8 Å². The summed E-state index contributed by atoms with van der Waals surface area (Å²) in [7, 11) is -2.08. The molecule has 0 fully saturated rings. The molecule has 0 saturated heterocycles. The van der Waals surface area contributed by atoms with E-state index < -0.39 is 10.0 Å². The maximum Gasteiger partial charge on any atom is 0.264 e. The molecule has 22 heavy (non-hydrogen) atoms. The summed E-state index contributed by atoms with van der Waals surface area (Å²) < 4.78 is 37.8. The van der Waals surface area contributed by atoms with Crippen LogP contribution in [0.5, 0.6) is 11.5 Å². The first-order chi connectivity index (χ1) is 10.5. The number of rotatable bonds is 3. The average molecular weight is 319 g/mol. The second kappa shape index (κ2) is 5.53. The van der Waals surface area contributed by atoms with Crippen LogP contribution in [0.3, 0.4) is 0 Å². The van der Waals surface area contributed by atoms with Crippen LogP contribution in [0.25, 0.3) is 0 Å². The third kappa shape index (κ3) is 2.50.